The van der Waals surface area contributed by atoms with Crippen LogP contribution in [0.15, 0.2) is 60.7 Å². The fourth-order valence-electron chi connectivity index (χ4n) is 2.73. The lowest BCUT2D eigenvalue weighted by Crippen LogP contribution is -2.31. The number of hydrogen-bond acceptors (Lipinski definition) is 4. The smallest absolute Gasteiger partial charge is 0.325 e. The van der Waals surface area contributed by atoms with E-state index < -0.39 is 24.0 Å². The van der Waals surface area contributed by atoms with Crippen molar-refractivity contribution >= 4 is 11.9 Å². The number of rotatable bonds is 11. The number of benzene rings is 2. The lowest BCUT2D eigenvalue weighted by molar-refractivity contribution is -0.140. The molecule has 0 bridgehead atoms. The van der Waals surface area contributed by atoms with Gasteiger partial charge in [0.25, 0.3) is 0 Å². The van der Waals surface area contributed by atoms with Gasteiger partial charge in [0.2, 0.25) is 0 Å². The number of carbonyl (C=O) groups is 2. The standard InChI is InChI=1S/C20H24N2O4/c23-19(24)17(15-9-3-1-4-10-15)21-13-7-8-14-22-18(20(25)26)16-11-5-2-6-12-16/h1-6,9-12,17-18,21-22H,7-8,13-14H2,(H,23,24)(H,25,26)/t17-,18-/m1/s1. The zero-order valence-corrected chi connectivity index (χ0v) is 14.5. The van der Waals surface area contributed by atoms with Crippen LogP contribution in [0.2, 0.25) is 0 Å². The predicted molar refractivity (Wildman–Crippen MR) is 98.9 cm³/mol. The van der Waals surface area contributed by atoms with E-state index in [9.17, 15) is 19.8 Å². The van der Waals surface area contributed by atoms with Crippen molar-refractivity contribution in [3.8, 4) is 0 Å². The summed E-state index contributed by atoms with van der Waals surface area (Å²) in [5.41, 5.74) is 1.43. The Kier molecular flexibility index (Phi) is 7.79. The van der Waals surface area contributed by atoms with E-state index in [1.165, 1.54) is 0 Å². The van der Waals surface area contributed by atoms with Gasteiger partial charge in [-0.2, -0.15) is 0 Å². The summed E-state index contributed by atoms with van der Waals surface area (Å²) in [6.45, 7) is 1.08. The number of carboxylic acids is 2. The molecule has 0 fully saturated rings. The second-order valence-electron chi connectivity index (χ2n) is 5.98. The molecule has 2 atom stereocenters. The molecule has 2 aromatic rings. The highest BCUT2D eigenvalue weighted by molar-refractivity contribution is 5.76. The van der Waals surface area contributed by atoms with Crippen molar-refractivity contribution in [1.82, 2.24) is 10.6 Å². The van der Waals surface area contributed by atoms with Crippen molar-refractivity contribution < 1.29 is 19.8 Å². The average molecular weight is 356 g/mol. The van der Waals surface area contributed by atoms with Crippen LogP contribution in [0.1, 0.15) is 36.1 Å². The van der Waals surface area contributed by atoms with Gasteiger partial charge in [0, 0.05) is 0 Å². The van der Waals surface area contributed by atoms with E-state index in [2.05, 4.69) is 10.6 Å². The molecule has 26 heavy (non-hydrogen) atoms. The van der Waals surface area contributed by atoms with Gasteiger partial charge in [0.05, 0.1) is 0 Å². The molecule has 0 aromatic heterocycles. The van der Waals surface area contributed by atoms with Gasteiger partial charge in [-0.15, -0.1) is 0 Å². The summed E-state index contributed by atoms with van der Waals surface area (Å²) < 4.78 is 0. The molecule has 0 aliphatic heterocycles. The number of nitrogens with one attached hydrogen (secondary N) is 2. The van der Waals surface area contributed by atoms with E-state index in [1.54, 1.807) is 24.3 Å². The quantitative estimate of drug-likeness (QED) is 0.462. The van der Waals surface area contributed by atoms with Crippen LogP contribution >= 0.6 is 0 Å². The van der Waals surface area contributed by atoms with E-state index in [-0.39, 0.29) is 0 Å². The maximum Gasteiger partial charge on any atom is 0.325 e. The Bertz CT molecular complexity index is 630. The van der Waals surface area contributed by atoms with Crippen molar-refractivity contribution in [2.24, 2.45) is 0 Å². The third-order valence-electron chi connectivity index (χ3n) is 4.06. The first-order valence-electron chi connectivity index (χ1n) is 8.62. The molecule has 0 saturated heterocycles. The summed E-state index contributed by atoms with van der Waals surface area (Å²) >= 11 is 0. The van der Waals surface area contributed by atoms with Gasteiger partial charge in [-0.05, 0) is 37.1 Å². The molecule has 0 saturated carbocycles. The van der Waals surface area contributed by atoms with Crippen LogP contribution in [0.3, 0.4) is 0 Å². The molecule has 0 amide bonds. The van der Waals surface area contributed by atoms with Crippen LogP contribution < -0.4 is 10.6 Å². The fraction of sp³-hybridized carbons (Fsp3) is 0.300. The van der Waals surface area contributed by atoms with Gasteiger partial charge >= 0.3 is 11.9 Å². The van der Waals surface area contributed by atoms with Gasteiger partial charge in [-0.25, -0.2) is 0 Å². The minimum atomic E-state index is -0.913. The SMILES string of the molecule is O=C(O)[C@H](NCCCCN[C@@H](C(=O)O)c1ccccc1)c1ccccc1. The monoisotopic (exact) mass is 356 g/mol. The molecular formula is C20H24N2O4. The molecule has 6 nitrogen and oxygen atoms in total. The molecule has 0 radical (unpaired) electrons. The molecule has 0 aliphatic carbocycles. The van der Waals surface area contributed by atoms with Crippen molar-refractivity contribution in [1.29, 1.82) is 0 Å². The fourth-order valence-corrected chi connectivity index (χ4v) is 2.73. The first-order valence-corrected chi connectivity index (χ1v) is 8.62. The predicted octanol–water partition coefficient (Wildman–Crippen LogP) is 2.60. The molecule has 0 aliphatic rings. The first-order chi connectivity index (χ1) is 12.6. The molecule has 2 aromatic carbocycles. The number of aliphatic carboxylic acids is 2. The Morgan fingerprint density at radius 2 is 1.04 bits per heavy atom. The molecule has 0 heterocycles. The summed E-state index contributed by atoms with van der Waals surface area (Å²) in [6, 6.07) is 16.6. The molecule has 0 spiro atoms. The van der Waals surface area contributed by atoms with Crippen LogP contribution in [0.5, 0.6) is 0 Å². The Labute approximate surface area is 152 Å². The molecule has 0 unspecified atom stereocenters. The lowest BCUT2D eigenvalue weighted by Gasteiger charge is -2.16. The van der Waals surface area contributed by atoms with Gasteiger partial charge in [0.1, 0.15) is 12.1 Å². The van der Waals surface area contributed by atoms with Crippen LogP contribution in [0.25, 0.3) is 0 Å². The minimum absolute atomic E-state index is 0.538. The normalized spacial score (nSPS) is 13.1. The third-order valence-corrected chi connectivity index (χ3v) is 4.06. The third kappa shape index (κ3) is 5.98. The Morgan fingerprint density at radius 1 is 0.692 bits per heavy atom. The minimum Gasteiger partial charge on any atom is -0.480 e. The highest BCUT2D eigenvalue weighted by atomic mass is 16.4. The Morgan fingerprint density at radius 3 is 1.35 bits per heavy atom. The van der Waals surface area contributed by atoms with Gasteiger partial charge < -0.3 is 20.8 Å². The van der Waals surface area contributed by atoms with Crippen molar-refractivity contribution in [3.63, 3.8) is 0 Å². The largest absolute Gasteiger partial charge is 0.480 e. The molecular weight excluding hydrogens is 332 g/mol. The summed E-state index contributed by atoms with van der Waals surface area (Å²) in [5.74, 6) is -1.83. The topological polar surface area (TPSA) is 98.7 Å². The van der Waals surface area contributed by atoms with Crippen LogP contribution in [0, 0.1) is 0 Å². The summed E-state index contributed by atoms with van der Waals surface area (Å²) in [5, 5.41) is 24.8. The van der Waals surface area contributed by atoms with E-state index in [0.29, 0.717) is 24.2 Å². The van der Waals surface area contributed by atoms with Gasteiger partial charge in [-0.3, -0.25) is 9.59 Å². The van der Waals surface area contributed by atoms with Crippen LogP contribution in [-0.2, 0) is 9.59 Å². The second-order valence-corrected chi connectivity index (χ2v) is 5.98. The van der Waals surface area contributed by atoms with Crippen molar-refractivity contribution in [2.45, 2.75) is 24.9 Å². The van der Waals surface area contributed by atoms with E-state index in [4.69, 9.17) is 0 Å². The van der Waals surface area contributed by atoms with Gasteiger partial charge in [-0.1, -0.05) is 60.7 Å². The second kappa shape index (κ2) is 10.3. The first kappa shape index (κ1) is 19.6. The Balaban J connectivity index is 1.74. The van der Waals surface area contributed by atoms with E-state index in [0.717, 1.165) is 12.8 Å². The van der Waals surface area contributed by atoms with Gasteiger partial charge in [0.15, 0.2) is 0 Å². The lowest BCUT2D eigenvalue weighted by atomic mass is 10.1. The van der Waals surface area contributed by atoms with E-state index >= 15 is 0 Å². The average Bonchev–Trinajstić information content (AvgIpc) is 2.65. The zero-order chi connectivity index (χ0) is 18.8. The van der Waals surface area contributed by atoms with Crippen LogP contribution in [-0.4, -0.2) is 35.2 Å². The highest BCUT2D eigenvalue weighted by Gasteiger charge is 2.19. The highest BCUT2D eigenvalue weighted by Crippen LogP contribution is 2.14. The Hall–Kier alpha value is -2.70. The summed E-state index contributed by atoms with van der Waals surface area (Å²) in [4.78, 5) is 22.8. The molecule has 138 valence electrons. The van der Waals surface area contributed by atoms with Crippen molar-refractivity contribution in [2.75, 3.05) is 13.1 Å². The number of carboxylic acid groups (broad SMARTS) is 2. The maximum atomic E-state index is 11.4. The zero-order valence-electron chi connectivity index (χ0n) is 14.5. The maximum absolute atomic E-state index is 11.4. The van der Waals surface area contributed by atoms with Crippen molar-refractivity contribution in [3.05, 3.63) is 71.8 Å². The number of unbranched alkanes of at least 4 members (excludes halogenated alkanes) is 1. The molecule has 6 heteroatoms. The summed E-state index contributed by atoms with van der Waals surface area (Å²) in [6.07, 6.45) is 1.48. The summed E-state index contributed by atoms with van der Waals surface area (Å²) in [7, 11) is 0. The molecule has 2 rings (SSSR count). The molecule has 4 N–H and O–H groups in total. The number of hydrogen-bond donors (Lipinski definition) is 4. The van der Waals surface area contributed by atoms with Crippen LogP contribution in [0.4, 0.5) is 0 Å². The van der Waals surface area contributed by atoms with E-state index in [1.807, 2.05) is 36.4 Å².